The van der Waals surface area contributed by atoms with Crippen molar-refractivity contribution >= 4 is 17.3 Å². The van der Waals surface area contributed by atoms with Crippen LogP contribution in [0.2, 0.25) is 0 Å². The molecule has 2 aromatic heterocycles. The van der Waals surface area contributed by atoms with E-state index in [1.807, 2.05) is 22.9 Å². The number of carbonyl (C=O) groups is 1. The van der Waals surface area contributed by atoms with Crippen molar-refractivity contribution in [3.05, 3.63) is 58.1 Å². The molecule has 3 aromatic rings. The van der Waals surface area contributed by atoms with Gasteiger partial charge in [-0.05, 0) is 29.1 Å². The molecule has 0 radical (unpaired) electrons. The second-order valence-corrected chi connectivity index (χ2v) is 5.77. The van der Waals surface area contributed by atoms with E-state index in [0.717, 1.165) is 11.1 Å². The largest absolute Gasteiger partial charge is 0.461 e. The van der Waals surface area contributed by atoms with E-state index in [-0.39, 0.29) is 19.0 Å². The molecule has 0 aliphatic heterocycles. The van der Waals surface area contributed by atoms with Gasteiger partial charge in [-0.1, -0.05) is 17.3 Å². The first-order chi connectivity index (χ1) is 11.7. The molecule has 0 saturated heterocycles. The molecule has 0 fully saturated rings. The van der Waals surface area contributed by atoms with E-state index < -0.39 is 0 Å². The number of nitrogens with zero attached hydrogens (tertiary/aromatic N) is 3. The van der Waals surface area contributed by atoms with Crippen molar-refractivity contribution in [2.45, 2.75) is 19.4 Å². The Morgan fingerprint density at radius 2 is 2.12 bits per heavy atom. The summed E-state index contributed by atoms with van der Waals surface area (Å²) in [6.07, 6.45) is 0.505. The van der Waals surface area contributed by atoms with Crippen LogP contribution in [0.1, 0.15) is 23.4 Å². The molecule has 24 heavy (non-hydrogen) atoms. The second kappa shape index (κ2) is 7.53. The number of aryl methyl sites for hydroxylation is 1. The van der Waals surface area contributed by atoms with Crippen LogP contribution in [0.3, 0.4) is 0 Å². The van der Waals surface area contributed by atoms with Gasteiger partial charge in [0.1, 0.15) is 6.61 Å². The van der Waals surface area contributed by atoms with Crippen LogP contribution in [0.25, 0.3) is 11.4 Å². The Morgan fingerprint density at radius 3 is 2.83 bits per heavy atom. The summed E-state index contributed by atoms with van der Waals surface area (Å²) in [7, 11) is 0. The van der Waals surface area contributed by atoms with Crippen molar-refractivity contribution in [3.63, 3.8) is 0 Å². The number of hydrogen-bond donors (Lipinski definition) is 0. The topological polar surface area (TPSA) is 89.0 Å². The van der Waals surface area contributed by atoms with E-state index in [4.69, 9.17) is 14.5 Å². The van der Waals surface area contributed by atoms with Gasteiger partial charge in [0.2, 0.25) is 11.7 Å². The van der Waals surface area contributed by atoms with Crippen LogP contribution in [-0.2, 0) is 22.6 Å². The molecule has 7 heteroatoms. The number of aromatic nitrogens is 2. The fraction of sp³-hybridized carbons (Fsp3) is 0.176. The van der Waals surface area contributed by atoms with Gasteiger partial charge in [-0.2, -0.15) is 21.6 Å². The molecular formula is C17H13N3O3S. The summed E-state index contributed by atoms with van der Waals surface area (Å²) >= 11 is 1.56. The summed E-state index contributed by atoms with van der Waals surface area (Å²) < 4.78 is 10.3. The lowest BCUT2D eigenvalue weighted by Gasteiger charge is -2.04. The van der Waals surface area contributed by atoms with Crippen molar-refractivity contribution in [3.8, 4) is 17.5 Å². The first-order valence-electron chi connectivity index (χ1n) is 7.24. The minimum Gasteiger partial charge on any atom is -0.461 e. The van der Waals surface area contributed by atoms with Gasteiger partial charge in [-0.25, -0.2) is 0 Å². The number of hydrogen-bond acceptors (Lipinski definition) is 7. The van der Waals surface area contributed by atoms with Crippen LogP contribution in [0.5, 0.6) is 0 Å². The minimum absolute atomic E-state index is 0.168. The van der Waals surface area contributed by atoms with E-state index in [2.05, 4.69) is 10.1 Å². The molecular weight excluding hydrogens is 326 g/mol. The maximum Gasteiger partial charge on any atom is 0.306 e. The monoisotopic (exact) mass is 339 g/mol. The Kier molecular flexibility index (Phi) is 4.99. The molecule has 0 N–H and O–H groups in total. The average molecular weight is 339 g/mol. The van der Waals surface area contributed by atoms with Gasteiger partial charge >= 0.3 is 5.97 Å². The van der Waals surface area contributed by atoms with E-state index in [1.165, 1.54) is 0 Å². The zero-order valence-electron chi connectivity index (χ0n) is 12.6. The quantitative estimate of drug-likeness (QED) is 0.640. The molecule has 0 amide bonds. The summed E-state index contributed by atoms with van der Waals surface area (Å²) in [5.74, 6) is 0.596. The Morgan fingerprint density at radius 1 is 1.29 bits per heavy atom. The first kappa shape index (κ1) is 15.9. The molecule has 0 unspecified atom stereocenters. The molecule has 2 heterocycles. The van der Waals surface area contributed by atoms with E-state index >= 15 is 0 Å². The van der Waals surface area contributed by atoms with Gasteiger partial charge in [0.15, 0.2) is 0 Å². The summed E-state index contributed by atoms with van der Waals surface area (Å²) in [6.45, 7) is 0.175. The number of thiophene rings is 1. The van der Waals surface area contributed by atoms with Crippen LogP contribution in [-0.4, -0.2) is 16.1 Å². The Hall–Kier alpha value is -2.98. The van der Waals surface area contributed by atoms with Gasteiger partial charge < -0.3 is 9.26 Å². The van der Waals surface area contributed by atoms with Gasteiger partial charge in [-0.15, -0.1) is 0 Å². The van der Waals surface area contributed by atoms with Gasteiger partial charge in [0.05, 0.1) is 18.1 Å². The molecule has 3 rings (SSSR count). The van der Waals surface area contributed by atoms with Crippen molar-refractivity contribution in [2.24, 2.45) is 0 Å². The van der Waals surface area contributed by atoms with Gasteiger partial charge in [0, 0.05) is 17.4 Å². The maximum absolute atomic E-state index is 11.8. The summed E-state index contributed by atoms with van der Waals surface area (Å²) in [5, 5.41) is 16.5. The highest BCUT2D eigenvalue weighted by molar-refractivity contribution is 7.08. The molecule has 0 aliphatic rings. The zero-order valence-corrected chi connectivity index (χ0v) is 13.5. The molecule has 1 aromatic carbocycles. The molecule has 0 atom stereocenters. The van der Waals surface area contributed by atoms with Gasteiger partial charge in [-0.3, -0.25) is 4.79 Å². The van der Waals surface area contributed by atoms with Crippen molar-refractivity contribution in [1.82, 2.24) is 10.1 Å². The third kappa shape index (κ3) is 4.06. The van der Waals surface area contributed by atoms with Crippen LogP contribution in [0.15, 0.2) is 45.6 Å². The van der Waals surface area contributed by atoms with E-state index in [0.29, 0.717) is 23.7 Å². The summed E-state index contributed by atoms with van der Waals surface area (Å²) in [4.78, 5) is 16.0. The molecule has 0 saturated carbocycles. The number of benzene rings is 1. The van der Waals surface area contributed by atoms with Crippen LogP contribution in [0.4, 0.5) is 0 Å². The number of ether oxygens (including phenoxy) is 1. The summed E-state index contributed by atoms with van der Waals surface area (Å²) in [5.41, 5.74) is 2.31. The third-order valence-electron chi connectivity index (χ3n) is 3.27. The van der Waals surface area contributed by atoms with Crippen LogP contribution < -0.4 is 0 Å². The molecule has 0 aliphatic carbocycles. The van der Waals surface area contributed by atoms with Gasteiger partial charge in [0.25, 0.3) is 0 Å². The van der Waals surface area contributed by atoms with E-state index in [9.17, 15) is 4.79 Å². The lowest BCUT2D eigenvalue weighted by molar-refractivity contribution is -0.145. The average Bonchev–Trinajstić information content (AvgIpc) is 3.29. The fourth-order valence-electron chi connectivity index (χ4n) is 1.99. The molecule has 120 valence electrons. The number of rotatable bonds is 6. The van der Waals surface area contributed by atoms with Crippen LogP contribution in [0, 0.1) is 11.3 Å². The first-order valence-corrected chi connectivity index (χ1v) is 8.18. The highest BCUT2D eigenvalue weighted by Crippen LogP contribution is 2.19. The Bertz CT molecular complexity index is 848. The number of nitriles is 1. The standard InChI is InChI=1S/C17H13N3O3S/c18-9-12-1-3-13(4-2-12)10-22-16(21)6-5-15-19-17(20-23-15)14-7-8-24-11-14/h1-4,7-8,11H,5-6,10H2. The Balaban J connectivity index is 1.46. The Labute approximate surface area is 142 Å². The summed E-state index contributed by atoms with van der Waals surface area (Å²) in [6, 6.07) is 10.8. The SMILES string of the molecule is N#Cc1ccc(COC(=O)CCc2nc(-c3ccsc3)no2)cc1. The minimum atomic E-state index is -0.338. The molecule has 6 nitrogen and oxygen atoms in total. The highest BCUT2D eigenvalue weighted by atomic mass is 32.1. The van der Waals surface area contributed by atoms with Crippen molar-refractivity contribution in [2.75, 3.05) is 0 Å². The third-order valence-corrected chi connectivity index (χ3v) is 3.96. The van der Waals surface area contributed by atoms with E-state index in [1.54, 1.807) is 35.6 Å². The zero-order chi connectivity index (χ0) is 16.8. The number of esters is 1. The second-order valence-electron chi connectivity index (χ2n) is 4.99. The smallest absolute Gasteiger partial charge is 0.306 e. The fourth-order valence-corrected chi connectivity index (χ4v) is 2.62. The lowest BCUT2D eigenvalue weighted by Crippen LogP contribution is -2.06. The van der Waals surface area contributed by atoms with Crippen molar-refractivity contribution < 1.29 is 14.1 Å². The molecule has 0 bridgehead atoms. The number of carbonyl (C=O) groups excluding carboxylic acids is 1. The van der Waals surface area contributed by atoms with Crippen molar-refractivity contribution in [1.29, 1.82) is 5.26 Å². The molecule has 0 spiro atoms. The highest BCUT2D eigenvalue weighted by Gasteiger charge is 2.11. The predicted octanol–water partition coefficient (Wildman–Crippen LogP) is 3.35. The lowest BCUT2D eigenvalue weighted by atomic mass is 10.2. The van der Waals surface area contributed by atoms with Crippen LogP contribution >= 0.6 is 11.3 Å². The predicted molar refractivity (Wildman–Crippen MR) is 86.9 cm³/mol. The maximum atomic E-state index is 11.8. The normalized spacial score (nSPS) is 10.3.